The molecule has 0 radical (unpaired) electrons. The summed E-state index contributed by atoms with van der Waals surface area (Å²) in [5, 5.41) is 3.01. The van der Waals surface area contributed by atoms with Gasteiger partial charge in [0.15, 0.2) is 0 Å². The summed E-state index contributed by atoms with van der Waals surface area (Å²) in [5.41, 5.74) is 0. The SMILES string of the molecule is CC/C=C\C/C=C\C/C=C\C/C=C\C/C=C\C/C=C\CCCCCCC(=O)NC(COP(=O)([O-])OCC[N+](C)(C)C)C(/C=C\CCCCCCCCCCCC)OC(=O)CCCCCCCCC/C=C\C/C=C\CCCCC. The number of ether oxygens (including phenoxy) is 1. The maximum Gasteiger partial charge on any atom is 0.306 e. The Bertz CT molecular complexity index is 1700. The van der Waals surface area contributed by atoms with Crippen molar-refractivity contribution in [1.82, 2.24) is 5.32 Å². The van der Waals surface area contributed by atoms with Crippen LogP contribution in [0.5, 0.6) is 0 Å². The predicted octanol–water partition coefficient (Wildman–Crippen LogP) is 19.1. The number of hydrogen-bond acceptors (Lipinski definition) is 7. The molecule has 78 heavy (non-hydrogen) atoms. The van der Waals surface area contributed by atoms with Crippen molar-refractivity contribution in [2.24, 2.45) is 0 Å². The number of quaternary nitrogens is 1. The zero-order chi connectivity index (χ0) is 57.2. The second-order valence-corrected chi connectivity index (χ2v) is 23.6. The molecule has 448 valence electrons. The maximum atomic E-state index is 13.5. The molecule has 0 aliphatic heterocycles. The van der Waals surface area contributed by atoms with E-state index in [-0.39, 0.29) is 31.3 Å². The third-order valence-electron chi connectivity index (χ3n) is 13.4. The van der Waals surface area contributed by atoms with Crippen molar-refractivity contribution in [2.45, 2.75) is 270 Å². The van der Waals surface area contributed by atoms with Gasteiger partial charge in [-0.15, -0.1) is 0 Å². The lowest BCUT2D eigenvalue weighted by Crippen LogP contribution is -2.47. The highest BCUT2D eigenvalue weighted by Crippen LogP contribution is 2.38. The van der Waals surface area contributed by atoms with Gasteiger partial charge in [-0.1, -0.05) is 240 Å². The summed E-state index contributed by atoms with van der Waals surface area (Å²) in [7, 11) is 1.15. The summed E-state index contributed by atoms with van der Waals surface area (Å²) >= 11 is 0. The fraction of sp³-hybridized carbons (Fsp3) is 0.706. The van der Waals surface area contributed by atoms with E-state index in [1.807, 2.05) is 33.3 Å². The van der Waals surface area contributed by atoms with Gasteiger partial charge in [-0.3, -0.25) is 14.2 Å². The Labute approximate surface area is 481 Å². The van der Waals surface area contributed by atoms with E-state index >= 15 is 0 Å². The molecule has 0 bridgehead atoms. The Morgan fingerprint density at radius 2 is 0.821 bits per heavy atom. The molecule has 10 heteroatoms. The molecule has 0 aromatic heterocycles. The minimum atomic E-state index is -4.72. The fourth-order valence-corrected chi connectivity index (χ4v) is 9.28. The van der Waals surface area contributed by atoms with Crippen LogP contribution in [-0.2, 0) is 27.9 Å². The molecular formula is C68H119N2O7P. The second kappa shape index (κ2) is 56.9. The van der Waals surface area contributed by atoms with Gasteiger partial charge < -0.3 is 28.5 Å². The third kappa shape index (κ3) is 57.4. The van der Waals surface area contributed by atoms with Gasteiger partial charge in [0.1, 0.15) is 19.3 Å². The highest BCUT2D eigenvalue weighted by molar-refractivity contribution is 7.45. The van der Waals surface area contributed by atoms with Gasteiger partial charge in [-0.25, -0.2) is 0 Å². The van der Waals surface area contributed by atoms with Gasteiger partial charge in [0, 0.05) is 12.8 Å². The van der Waals surface area contributed by atoms with Crippen LogP contribution in [0.3, 0.4) is 0 Å². The first-order chi connectivity index (χ1) is 37.9. The van der Waals surface area contributed by atoms with Gasteiger partial charge in [0.2, 0.25) is 5.91 Å². The molecule has 0 aliphatic carbocycles. The number of nitrogens with one attached hydrogen (secondary N) is 1. The summed E-state index contributed by atoms with van der Waals surface area (Å²) in [6, 6.07) is -0.912. The molecule has 0 fully saturated rings. The van der Waals surface area contributed by atoms with Crippen molar-refractivity contribution < 1.29 is 37.3 Å². The third-order valence-corrected chi connectivity index (χ3v) is 14.4. The Morgan fingerprint density at radius 3 is 1.26 bits per heavy atom. The van der Waals surface area contributed by atoms with Crippen LogP contribution in [0.25, 0.3) is 0 Å². The number of nitrogens with zero attached hydrogens (tertiary/aromatic N) is 1. The van der Waals surface area contributed by atoms with Crippen LogP contribution in [0.15, 0.2) is 109 Å². The van der Waals surface area contributed by atoms with E-state index in [0.29, 0.717) is 23.9 Å². The molecule has 9 nitrogen and oxygen atoms in total. The molecule has 0 aromatic carbocycles. The smallest absolute Gasteiger partial charge is 0.306 e. The minimum absolute atomic E-state index is 0.0344. The van der Waals surface area contributed by atoms with Crippen molar-refractivity contribution in [1.29, 1.82) is 0 Å². The molecule has 3 unspecified atom stereocenters. The Kier molecular flexibility index (Phi) is 54.5. The number of carbonyl (C=O) groups is 2. The Morgan fingerprint density at radius 1 is 0.462 bits per heavy atom. The highest BCUT2D eigenvalue weighted by atomic mass is 31.2. The number of likely N-dealkylation sites (N-methyl/N-ethyl adjacent to an activating group) is 1. The molecule has 0 rings (SSSR count). The first kappa shape index (κ1) is 74.7. The van der Waals surface area contributed by atoms with Crippen LogP contribution in [0.1, 0.15) is 258 Å². The van der Waals surface area contributed by atoms with Crippen molar-refractivity contribution in [3.8, 4) is 0 Å². The topological polar surface area (TPSA) is 114 Å². The molecule has 0 spiro atoms. The molecule has 0 aromatic rings. The average molecular weight is 1110 g/mol. The van der Waals surface area contributed by atoms with Crippen LogP contribution in [-0.4, -0.2) is 69.4 Å². The van der Waals surface area contributed by atoms with E-state index in [2.05, 4.69) is 123 Å². The molecule has 0 saturated carbocycles. The van der Waals surface area contributed by atoms with Gasteiger partial charge >= 0.3 is 5.97 Å². The number of hydrogen-bond donors (Lipinski definition) is 1. The largest absolute Gasteiger partial charge is 0.756 e. The van der Waals surface area contributed by atoms with Crippen LogP contribution in [0, 0.1) is 0 Å². The van der Waals surface area contributed by atoms with E-state index in [0.717, 1.165) is 116 Å². The summed E-state index contributed by atoms with van der Waals surface area (Å²) in [4.78, 5) is 40.0. The Hall–Kier alpha value is -3.33. The van der Waals surface area contributed by atoms with Crippen LogP contribution < -0.4 is 10.2 Å². The molecule has 0 saturated heterocycles. The average Bonchev–Trinajstić information content (AvgIpc) is 3.40. The number of allylic oxidation sites excluding steroid dienone is 17. The van der Waals surface area contributed by atoms with Crippen LogP contribution >= 0.6 is 7.82 Å². The van der Waals surface area contributed by atoms with Gasteiger partial charge in [0.05, 0.1) is 33.8 Å². The van der Waals surface area contributed by atoms with Crippen molar-refractivity contribution in [3.05, 3.63) is 109 Å². The van der Waals surface area contributed by atoms with Gasteiger partial charge in [0.25, 0.3) is 7.82 Å². The van der Waals surface area contributed by atoms with Crippen molar-refractivity contribution in [3.63, 3.8) is 0 Å². The Balaban J connectivity index is 5.30. The summed E-state index contributed by atoms with van der Waals surface area (Å²) in [6.07, 6.45) is 77.6. The summed E-state index contributed by atoms with van der Waals surface area (Å²) in [6.45, 7) is 6.67. The van der Waals surface area contributed by atoms with E-state index in [9.17, 15) is 19.0 Å². The zero-order valence-electron chi connectivity index (χ0n) is 51.1. The molecular weight excluding hydrogens is 988 g/mol. The number of unbranched alkanes of at least 4 members (excludes halogenated alkanes) is 24. The lowest BCUT2D eigenvalue weighted by atomic mass is 10.0. The monoisotopic (exact) mass is 1110 g/mol. The lowest BCUT2D eigenvalue weighted by Gasteiger charge is -2.30. The number of carbonyl (C=O) groups excluding carboxylic acids is 2. The van der Waals surface area contributed by atoms with Crippen molar-refractivity contribution in [2.75, 3.05) is 40.9 Å². The second-order valence-electron chi connectivity index (χ2n) is 22.2. The molecule has 3 atom stereocenters. The number of phosphoric acid groups is 1. The van der Waals surface area contributed by atoms with E-state index in [1.165, 1.54) is 96.3 Å². The van der Waals surface area contributed by atoms with E-state index < -0.39 is 26.6 Å². The molecule has 0 heterocycles. The number of esters is 1. The normalized spacial score (nSPS) is 14.4. The molecule has 1 N–H and O–H groups in total. The maximum absolute atomic E-state index is 13.5. The highest BCUT2D eigenvalue weighted by Gasteiger charge is 2.27. The van der Waals surface area contributed by atoms with E-state index in [4.69, 9.17) is 13.8 Å². The standard InChI is InChI=1S/C68H119N2O7P/c1-7-10-13-16-19-22-25-28-30-32-33-34-35-36-37-39-40-42-45-48-51-54-57-60-67(71)69-65(64-76-78(73,74)75-63-62-70(4,5)6)66(59-56-53-50-47-44-27-24-21-18-15-12-9-3)77-68(72)61-58-55-52-49-46-43-41-38-31-29-26-23-20-17-14-11-8-2/h10,13,19-20,22-23,28-31,33-34,36-37,40,42,56,59,65-66H,7-9,11-12,14-18,21,24-27,32,35,38-39,41,43-55,57-58,60-64H2,1-6H3,(H-,69,71,73,74)/b13-10-,22-19-,23-20-,30-28-,31-29-,34-33-,37-36-,42-40-,59-56-. The van der Waals surface area contributed by atoms with Crippen LogP contribution in [0.4, 0.5) is 0 Å². The van der Waals surface area contributed by atoms with Crippen LogP contribution in [0.2, 0.25) is 0 Å². The molecule has 1 amide bonds. The minimum Gasteiger partial charge on any atom is -0.756 e. The van der Waals surface area contributed by atoms with E-state index in [1.54, 1.807) is 0 Å². The number of amides is 1. The predicted molar refractivity (Wildman–Crippen MR) is 334 cm³/mol. The zero-order valence-corrected chi connectivity index (χ0v) is 52.0. The first-order valence-corrected chi connectivity index (χ1v) is 33.2. The molecule has 0 aliphatic rings. The quantitative estimate of drug-likeness (QED) is 0.0212. The number of phosphoric ester groups is 1. The lowest BCUT2D eigenvalue weighted by molar-refractivity contribution is -0.870. The summed E-state index contributed by atoms with van der Waals surface area (Å²) < 4.78 is 30.3. The number of rotatable bonds is 56. The first-order valence-electron chi connectivity index (χ1n) is 31.7. The van der Waals surface area contributed by atoms with Crippen molar-refractivity contribution >= 4 is 19.7 Å². The fourth-order valence-electron chi connectivity index (χ4n) is 8.55. The van der Waals surface area contributed by atoms with Gasteiger partial charge in [-0.2, -0.15) is 0 Å². The van der Waals surface area contributed by atoms with Gasteiger partial charge in [-0.05, 0) is 115 Å². The summed E-state index contributed by atoms with van der Waals surface area (Å²) in [5.74, 6) is -0.584.